The average molecular weight is 387 g/mol. The summed E-state index contributed by atoms with van der Waals surface area (Å²) in [7, 11) is 0. The van der Waals surface area contributed by atoms with Crippen LogP contribution in [0.4, 0.5) is 0 Å². The van der Waals surface area contributed by atoms with Crippen molar-refractivity contribution in [1.29, 1.82) is 0 Å². The molecule has 1 aliphatic rings. The molecule has 0 bridgehead atoms. The molecule has 1 rings (SSSR count). The second-order valence-electron chi connectivity index (χ2n) is 8.60. The molecule has 0 aliphatic heterocycles. The maximum absolute atomic E-state index is 12.1. The molecule has 2 amide bonds. The first-order valence-electron chi connectivity index (χ1n) is 9.89. The first-order valence-corrected chi connectivity index (χ1v) is 13.8. The molecule has 1 fully saturated rings. The van der Waals surface area contributed by atoms with E-state index in [0.717, 1.165) is 32.1 Å². The molecule has 2 N–H and O–H groups in total. The first-order chi connectivity index (χ1) is 11.5. The summed E-state index contributed by atoms with van der Waals surface area (Å²) in [5.74, 6) is 1.26. The Morgan fingerprint density at radius 1 is 1.04 bits per heavy atom. The van der Waals surface area contributed by atoms with Gasteiger partial charge in [0.1, 0.15) is 0 Å². The number of carbonyl (C=O) groups excluding carboxylic acids is 2. The zero-order chi connectivity index (χ0) is 19.4. The standard InChI is InChI=1S/C18H33N2O2.2CH3.Ti/c1-7-12(3)18(13(4)8-2)10-16(19-14(5)21)9-17(11-18)20-15(6)22;;;/h12-13,16H,7-11H2,1-6H3,(H,19,21)(H,20,22);2*1H3;. The quantitative estimate of drug-likeness (QED) is 0.640. The van der Waals surface area contributed by atoms with E-state index in [0.29, 0.717) is 11.8 Å². The summed E-state index contributed by atoms with van der Waals surface area (Å²) in [6.07, 6.45) is 5.26. The third-order valence-corrected chi connectivity index (χ3v) is 10.6. The van der Waals surface area contributed by atoms with Crippen LogP contribution in [0.2, 0.25) is 10.5 Å². The van der Waals surface area contributed by atoms with Gasteiger partial charge in [-0.15, -0.1) is 0 Å². The molecule has 0 aromatic heterocycles. The minimum absolute atomic E-state index is 0.0413. The van der Waals surface area contributed by atoms with Crippen molar-refractivity contribution in [2.45, 2.75) is 94.0 Å². The van der Waals surface area contributed by atoms with Gasteiger partial charge in [0.15, 0.2) is 0 Å². The molecular weight excluding hydrogens is 348 g/mol. The van der Waals surface area contributed by atoms with Crippen molar-refractivity contribution >= 4 is 11.8 Å². The van der Waals surface area contributed by atoms with E-state index in [2.05, 4.69) is 48.8 Å². The molecule has 0 spiro atoms. The van der Waals surface area contributed by atoms with Gasteiger partial charge in [0.25, 0.3) is 0 Å². The molecular formula is C20H39N2O2Ti. The van der Waals surface area contributed by atoms with Crippen LogP contribution < -0.4 is 10.6 Å². The molecule has 4 nitrogen and oxygen atoms in total. The summed E-state index contributed by atoms with van der Waals surface area (Å²) in [5, 5.41) is 11.3. The summed E-state index contributed by atoms with van der Waals surface area (Å²) >= 11 is -1.50. The van der Waals surface area contributed by atoms with Gasteiger partial charge in [0.2, 0.25) is 0 Å². The van der Waals surface area contributed by atoms with Crippen molar-refractivity contribution < 1.29 is 27.5 Å². The fourth-order valence-electron chi connectivity index (χ4n) is 5.03. The van der Waals surface area contributed by atoms with Gasteiger partial charge >= 0.3 is 161 Å². The number of amides is 2. The van der Waals surface area contributed by atoms with Gasteiger partial charge in [-0.1, -0.05) is 0 Å². The van der Waals surface area contributed by atoms with Crippen LogP contribution in [-0.2, 0) is 27.5 Å². The third kappa shape index (κ3) is 5.10. The van der Waals surface area contributed by atoms with Gasteiger partial charge in [-0.25, -0.2) is 0 Å². The molecule has 0 aromatic rings. The van der Waals surface area contributed by atoms with E-state index in [1.165, 1.54) is 0 Å². The van der Waals surface area contributed by atoms with Crippen molar-refractivity contribution in [3.05, 3.63) is 0 Å². The predicted molar refractivity (Wildman–Crippen MR) is 101 cm³/mol. The third-order valence-electron chi connectivity index (χ3n) is 6.82. The van der Waals surface area contributed by atoms with Crippen molar-refractivity contribution in [2.24, 2.45) is 17.3 Å². The summed E-state index contributed by atoms with van der Waals surface area (Å²) in [5.41, 5.74) is 0.168. The number of carbonyl (C=O) groups is 2. The first kappa shape index (κ1) is 22.7. The van der Waals surface area contributed by atoms with Crippen molar-refractivity contribution in [3.63, 3.8) is 0 Å². The second kappa shape index (κ2) is 9.04. The normalized spacial score (nSPS) is 31.8. The average Bonchev–Trinajstić information content (AvgIpc) is 2.51. The van der Waals surface area contributed by atoms with Crippen LogP contribution in [0.1, 0.15) is 73.6 Å². The fraction of sp³-hybridized carbons (Fsp3) is 0.900. The molecule has 145 valence electrons. The summed E-state index contributed by atoms with van der Waals surface area (Å²) in [4.78, 5) is 23.9. The number of rotatable bonds is 7. The molecule has 0 saturated heterocycles. The summed E-state index contributed by atoms with van der Waals surface area (Å²) < 4.78 is -0.0932. The van der Waals surface area contributed by atoms with Crippen molar-refractivity contribution in [1.82, 2.24) is 10.6 Å². The van der Waals surface area contributed by atoms with Crippen LogP contribution in [0.15, 0.2) is 0 Å². The van der Waals surface area contributed by atoms with Gasteiger partial charge in [-0.2, -0.15) is 0 Å². The van der Waals surface area contributed by atoms with Crippen LogP contribution >= 0.6 is 0 Å². The summed E-state index contributed by atoms with van der Waals surface area (Å²) in [6, 6.07) is 0.156. The minimum atomic E-state index is -1.50. The van der Waals surface area contributed by atoms with Gasteiger partial charge in [0, 0.05) is 0 Å². The molecule has 0 aromatic carbocycles. The monoisotopic (exact) mass is 387 g/mol. The molecule has 1 saturated carbocycles. The van der Waals surface area contributed by atoms with Crippen molar-refractivity contribution in [2.75, 3.05) is 0 Å². The van der Waals surface area contributed by atoms with E-state index >= 15 is 0 Å². The molecule has 25 heavy (non-hydrogen) atoms. The Hall–Kier alpha value is -0.346. The number of nitrogens with one attached hydrogen (secondary N) is 2. The van der Waals surface area contributed by atoms with E-state index in [9.17, 15) is 9.59 Å². The number of hydrogen-bond acceptors (Lipinski definition) is 2. The van der Waals surface area contributed by atoms with E-state index < -0.39 is 17.9 Å². The fourth-order valence-corrected chi connectivity index (χ4v) is 7.79. The Morgan fingerprint density at radius 2 is 1.56 bits per heavy atom. The van der Waals surface area contributed by atoms with Crippen LogP contribution in [-0.4, -0.2) is 21.7 Å². The Morgan fingerprint density at radius 3 is 1.92 bits per heavy atom. The Labute approximate surface area is 161 Å². The van der Waals surface area contributed by atoms with Crippen LogP contribution in [0.3, 0.4) is 0 Å². The van der Waals surface area contributed by atoms with Gasteiger partial charge in [-0.05, 0) is 0 Å². The van der Waals surface area contributed by atoms with E-state index in [4.69, 9.17) is 0 Å². The molecule has 4 unspecified atom stereocenters. The van der Waals surface area contributed by atoms with E-state index in [1.807, 2.05) is 0 Å². The van der Waals surface area contributed by atoms with E-state index in [1.54, 1.807) is 13.8 Å². The van der Waals surface area contributed by atoms with E-state index in [-0.39, 0.29) is 27.1 Å². The van der Waals surface area contributed by atoms with Gasteiger partial charge in [0.05, 0.1) is 0 Å². The number of hydrogen-bond donors (Lipinski definition) is 2. The van der Waals surface area contributed by atoms with Gasteiger partial charge in [-0.3, -0.25) is 0 Å². The Bertz CT molecular complexity index is 470. The topological polar surface area (TPSA) is 58.2 Å². The Balaban J connectivity index is 3.43. The molecule has 0 radical (unpaired) electrons. The second-order valence-corrected chi connectivity index (χ2v) is 13.2. The summed E-state index contributed by atoms with van der Waals surface area (Å²) in [6.45, 7) is 12.5. The maximum atomic E-state index is 12.1. The molecule has 4 atom stereocenters. The molecule has 0 heterocycles. The predicted octanol–water partition coefficient (Wildman–Crippen LogP) is 4.30. The molecule has 5 heteroatoms. The zero-order valence-electron chi connectivity index (χ0n) is 17.6. The molecule has 1 aliphatic carbocycles. The zero-order valence-corrected chi connectivity index (χ0v) is 19.1. The van der Waals surface area contributed by atoms with Crippen LogP contribution in [0, 0.1) is 17.3 Å². The Kier molecular flexibility index (Phi) is 8.20. The SMILES string of the molecule is CCC(C)C1(C(C)CC)CC(NC(C)=O)C[C](NC(C)=O)([Ti]([CH3])[CH3])C1. The van der Waals surface area contributed by atoms with Crippen LogP contribution in [0.5, 0.6) is 0 Å². The van der Waals surface area contributed by atoms with Crippen LogP contribution in [0.25, 0.3) is 0 Å². The van der Waals surface area contributed by atoms with Gasteiger partial charge < -0.3 is 0 Å². The van der Waals surface area contributed by atoms with Crippen molar-refractivity contribution in [3.8, 4) is 0 Å².